The molecule has 1 aliphatic heterocycles. The highest BCUT2D eigenvalue weighted by Gasteiger charge is 2.18. The summed E-state index contributed by atoms with van der Waals surface area (Å²) in [5, 5.41) is 3.52. The summed E-state index contributed by atoms with van der Waals surface area (Å²) in [6, 6.07) is 15.9. The van der Waals surface area contributed by atoms with Crippen LogP contribution in [0.3, 0.4) is 0 Å². The van der Waals surface area contributed by atoms with Crippen LogP contribution in [0.15, 0.2) is 48.5 Å². The first kappa shape index (κ1) is 11.4. The van der Waals surface area contributed by atoms with E-state index in [4.69, 9.17) is 0 Å². The van der Waals surface area contributed by atoms with Gasteiger partial charge in [0, 0.05) is 12.6 Å². The Balaban J connectivity index is 1.75. The van der Waals surface area contributed by atoms with Crippen LogP contribution in [0.5, 0.6) is 0 Å². The molecule has 3 rings (SSSR count). The van der Waals surface area contributed by atoms with Crippen LogP contribution in [-0.2, 0) is 19.4 Å². The number of rotatable bonds is 2. The van der Waals surface area contributed by atoms with Gasteiger partial charge in [-0.25, -0.2) is 4.39 Å². The van der Waals surface area contributed by atoms with Crippen LogP contribution in [0.25, 0.3) is 0 Å². The van der Waals surface area contributed by atoms with E-state index in [1.54, 1.807) is 6.07 Å². The van der Waals surface area contributed by atoms with E-state index in [0.717, 1.165) is 24.9 Å². The van der Waals surface area contributed by atoms with E-state index in [-0.39, 0.29) is 5.82 Å². The van der Waals surface area contributed by atoms with Gasteiger partial charge in [0.25, 0.3) is 0 Å². The predicted octanol–water partition coefficient (Wildman–Crippen LogP) is 3.08. The number of fused-ring (bicyclic) bond motifs is 1. The lowest BCUT2D eigenvalue weighted by Crippen LogP contribution is -2.37. The Morgan fingerprint density at radius 2 is 1.89 bits per heavy atom. The molecule has 1 heterocycles. The average molecular weight is 241 g/mol. The van der Waals surface area contributed by atoms with Crippen molar-refractivity contribution < 1.29 is 4.39 Å². The van der Waals surface area contributed by atoms with Crippen molar-refractivity contribution in [3.8, 4) is 0 Å². The third kappa shape index (κ3) is 2.44. The number of hydrogen-bond acceptors (Lipinski definition) is 1. The Bertz CT molecular complexity index is 536. The first-order chi connectivity index (χ1) is 8.81. The van der Waals surface area contributed by atoms with Gasteiger partial charge in [-0.3, -0.25) is 0 Å². The minimum absolute atomic E-state index is 0.130. The predicted molar refractivity (Wildman–Crippen MR) is 70.9 cm³/mol. The molecule has 2 heteroatoms. The summed E-state index contributed by atoms with van der Waals surface area (Å²) in [5.41, 5.74) is 3.70. The van der Waals surface area contributed by atoms with Crippen molar-refractivity contribution in [2.45, 2.75) is 25.4 Å². The van der Waals surface area contributed by atoms with Gasteiger partial charge < -0.3 is 5.32 Å². The van der Waals surface area contributed by atoms with Gasteiger partial charge in [-0.05, 0) is 41.7 Å². The fraction of sp³-hybridized carbons (Fsp3) is 0.250. The molecule has 0 amide bonds. The van der Waals surface area contributed by atoms with Crippen molar-refractivity contribution >= 4 is 0 Å². The normalized spacial score (nSPS) is 18.4. The minimum atomic E-state index is -0.130. The van der Waals surface area contributed by atoms with Crippen LogP contribution in [0.2, 0.25) is 0 Å². The van der Waals surface area contributed by atoms with Gasteiger partial charge in [0.05, 0.1) is 0 Å². The number of hydrogen-bond donors (Lipinski definition) is 1. The number of halogens is 1. The Labute approximate surface area is 107 Å². The smallest absolute Gasteiger partial charge is 0.123 e. The molecule has 92 valence electrons. The topological polar surface area (TPSA) is 12.0 Å². The summed E-state index contributed by atoms with van der Waals surface area (Å²) in [7, 11) is 0. The molecule has 1 aliphatic rings. The molecule has 1 unspecified atom stereocenters. The molecule has 0 aliphatic carbocycles. The summed E-state index contributed by atoms with van der Waals surface area (Å²) < 4.78 is 13.2. The zero-order valence-electron chi connectivity index (χ0n) is 10.2. The first-order valence-electron chi connectivity index (χ1n) is 6.36. The molecule has 2 aromatic carbocycles. The second kappa shape index (κ2) is 4.91. The van der Waals surface area contributed by atoms with Crippen LogP contribution < -0.4 is 5.32 Å². The number of benzene rings is 2. The molecule has 0 saturated heterocycles. The van der Waals surface area contributed by atoms with Crippen LogP contribution in [0.1, 0.15) is 16.7 Å². The maximum Gasteiger partial charge on any atom is 0.123 e. The zero-order valence-corrected chi connectivity index (χ0v) is 10.2. The van der Waals surface area contributed by atoms with E-state index in [2.05, 4.69) is 29.6 Å². The fourth-order valence-electron chi connectivity index (χ4n) is 2.59. The van der Waals surface area contributed by atoms with Crippen molar-refractivity contribution in [1.82, 2.24) is 5.32 Å². The Kier molecular flexibility index (Phi) is 3.11. The summed E-state index contributed by atoms with van der Waals surface area (Å²) in [4.78, 5) is 0. The SMILES string of the molecule is Fc1ccc2c(c1)CC(Cc1ccccc1)NC2. The highest BCUT2D eigenvalue weighted by molar-refractivity contribution is 5.31. The van der Waals surface area contributed by atoms with Crippen molar-refractivity contribution in [1.29, 1.82) is 0 Å². The van der Waals surface area contributed by atoms with Gasteiger partial charge in [-0.15, -0.1) is 0 Å². The van der Waals surface area contributed by atoms with Crippen molar-refractivity contribution in [2.75, 3.05) is 0 Å². The standard InChI is InChI=1S/C16H16FN/c17-15-7-6-13-11-18-16(10-14(13)9-15)8-12-4-2-1-3-5-12/h1-7,9,16,18H,8,10-11H2. The molecule has 1 N–H and O–H groups in total. The fourth-order valence-corrected chi connectivity index (χ4v) is 2.59. The summed E-state index contributed by atoms with van der Waals surface area (Å²) >= 11 is 0. The lowest BCUT2D eigenvalue weighted by atomic mass is 9.92. The van der Waals surface area contributed by atoms with Crippen LogP contribution >= 0.6 is 0 Å². The summed E-state index contributed by atoms with van der Waals surface area (Å²) in [5.74, 6) is -0.130. The van der Waals surface area contributed by atoms with Gasteiger partial charge in [0.1, 0.15) is 5.82 Å². The molecule has 2 aromatic rings. The van der Waals surface area contributed by atoms with Crippen LogP contribution in [0.4, 0.5) is 4.39 Å². The van der Waals surface area contributed by atoms with Crippen molar-refractivity contribution in [3.05, 3.63) is 71.0 Å². The largest absolute Gasteiger partial charge is 0.309 e. The first-order valence-corrected chi connectivity index (χ1v) is 6.36. The van der Waals surface area contributed by atoms with Gasteiger partial charge >= 0.3 is 0 Å². The molecule has 0 bridgehead atoms. The summed E-state index contributed by atoms with van der Waals surface area (Å²) in [6.07, 6.45) is 1.90. The van der Waals surface area contributed by atoms with E-state index >= 15 is 0 Å². The van der Waals surface area contributed by atoms with Gasteiger partial charge in [-0.2, -0.15) is 0 Å². The quantitative estimate of drug-likeness (QED) is 0.852. The molecule has 0 aromatic heterocycles. The third-order valence-electron chi connectivity index (χ3n) is 3.54. The molecule has 18 heavy (non-hydrogen) atoms. The van der Waals surface area contributed by atoms with Gasteiger partial charge in [0.15, 0.2) is 0 Å². The Morgan fingerprint density at radius 1 is 1.06 bits per heavy atom. The maximum atomic E-state index is 13.2. The molecule has 1 atom stereocenters. The Morgan fingerprint density at radius 3 is 2.72 bits per heavy atom. The van der Waals surface area contributed by atoms with E-state index in [9.17, 15) is 4.39 Å². The molecular formula is C16H16FN. The van der Waals surface area contributed by atoms with Gasteiger partial charge in [-0.1, -0.05) is 36.4 Å². The molecule has 1 nitrogen and oxygen atoms in total. The second-order valence-corrected chi connectivity index (χ2v) is 4.88. The summed E-state index contributed by atoms with van der Waals surface area (Å²) in [6.45, 7) is 0.840. The third-order valence-corrected chi connectivity index (χ3v) is 3.54. The maximum absolute atomic E-state index is 13.2. The number of nitrogens with one attached hydrogen (secondary N) is 1. The molecular weight excluding hydrogens is 225 g/mol. The lowest BCUT2D eigenvalue weighted by molar-refractivity contribution is 0.474. The Hall–Kier alpha value is -1.67. The van der Waals surface area contributed by atoms with E-state index in [0.29, 0.717) is 6.04 Å². The van der Waals surface area contributed by atoms with Crippen molar-refractivity contribution in [3.63, 3.8) is 0 Å². The zero-order chi connectivity index (χ0) is 12.4. The molecule has 0 radical (unpaired) electrons. The van der Waals surface area contributed by atoms with E-state index in [1.165, 1.54) is 17.2 Å². The highest BCUT2D eigenvalue weighted by Crippen LogP contribution is 2.19. The van der Waals surface area contributed by atoms with E-state index < -0.39 is 0 Å². The van der Waals surface area contributed by atoms with Gasteiger partial charge in [0.2, 0.25) is 0 Å². The minimum Gasteiger partial charge on any atom is -0.309 e. The van der Waals surface area contributed by atoms with Crippen LogP contribution in [-0.4, -0.2) is 6.04 Å². The van der Waals surface area contributed by atoms with Crippen LogP contribution in [0, 0.1) is 5.82 Å². The molecule has 0 fully saturated rings. The van der Waals surface area contributed by atoms with Crippen molar-refractivity contribution in [2.24, 2.45) is 0 Å². The van der Waals surface area contributed by atoms with E-state index in [1.807, 2.05) is 12.1 Å². The lowest BCUT2D eigenvalue weighted by Gasteiger charge is -2.26. The monoisotopic (exact) mass is 241 g/mol. The molecule has 0 spiro atoms. The highest BCUT2D eigenvalue weighted by atomic mass is 19.1. The second-order valence-electron chi connectivity index (χ2n) is 4.88. The molecule has 0 saturated carbocycles. The average Bonchev–Trinajstić information content (AvgIpc) is 2.39.